The first-order valence-electron chi connectivity index (χ1n) is 5.85. The Morgan fingerprint density at radius 2 is 1.65 bits per heavy atom. The molecule has 2 rings (SSSR count). The third kappa shape index (κ3) is 3.32. The van der Waals surface area contributed by atoms with Crippen LogP contribution in [0.15, 0.2) is 42.5 Å². The van der Waals surface area contributed by atoms with Gasteiger partial charge in [0.1, 0.15) is 11.5 Å². The molecule has 0 radical (unpaired) electrons. The Labute approximate surface area is 114 Å². The van der Waals surface area contributed by atoms with Crippen molar-refractivity contribution in [1.29, 1.82) is 0 Å². The Balaban J connectivity index is 1.98. The molecule has 2 aromatic rings. The molecule has 0 aromatic heterocycles. The molecule has 0 aliphatic heterocycles. The van der Waals surface area contributed by atoms with Crippen molar-refractivity contribution in [2.75, 3.05) is 13.7 Å². The molecule has 0 saturated carbocycles. The number of ether oxygens (including phenoxy) is 2. The SMILES string of the molecule is COc1ccc(OCC(=O)c2ccc(F)c(F)c2)cc1. The molecule has 0 aliphatic carbocycles. The topological polar surface area (TPSA) is 35.5 Å². The Morgan fingerprint density at radius 1 is 1.00 bits per heavy atom. The van der Waals surface area contributed by atoms with Crippen LogP contribution in [-0.2, 0) is 0 Å². The van der Waals surface area contributed by atoms with Crippen molar-refractivity contribution in [3.63, 3.8) is 0 Å². The zero-order valence-corrected chi connectivity index (χ0v) is 10.7. The number of benzene rings is 2. The van der Waals surface area contributed by atoms with Crippen molar-refractivity contribution in [2.24, 2.45) is 0 Å². The van der Waals surface area contributed by atoms with E-state index in [0.29, 0.717) is 11.5 Å². The van der Waals surface area contributed by atoms with Crippen LogP contribution in [-0.4, -0.2) is 19.5 Å². The molecule has 5 heteroatoms. The summed E-state index contributed by atoms with van der Waals surface area (Å²) in [6.45, 7) is -0.253. The predicted octanol–water partition coefficient (Wildman–Crippen LogP) is 3.24. The zero-order valence-electron chi connectivity index (χ0n) is 10.7. The van der Waals surface area contributed by atoms with Gasteiger partial charge in [0.15, 0.2) is 24.0 Å². The second kappa shape index (κ2) is 6.14. The fourth-order valence-corrected chi connectivity index (χ4v) is 1.57. The Morgan fingerprint density at radius 3 is 2.25 bits per heavy atom. The molecule has 0 N–H and O–H groups in total. The molecule has 0 bridgehead atoms. The van der Waals surface area contributed by atoms with Crippen molar-refractivity contribution < 1.29 is 23.0 Å². The largest absolute Gasteiger partial charge is 0.497 e. The van der Waals surface area contributed by atoms with Crippen molar-refractivity contribution in [1.82, 2.24) is 0 Å². The lowest BCUT2D eigenvalue weighted by atomic mass is 10.1. The van der Waals surface area contributed by atoms with E-state index in [9.17, 15) is 13.6 Å². The van der Waals surface area contributed by atoms with Gasteiger partial charge in [-0.3, -0.25) is 4.79 Å². The number of hydrogen-bond donors (Lipinski definition) is 0. The standard InChI is InChI=1S/C15H12F2O3/c1-19-11-3-5-12(6-4-11)20-9-15(18)10-2-7-13(16)14(17)8-10/h2-8H,9H2,1H3. The minimum atomic E-state index is -1.06. The minimum Gasteiger partial charge on any atom is -0.497 e. The van der Waals surface area contributed by atoms with Crippen molar-refractivity contribution in [2.45, 2.75) is 0 Å². The van der Waals surface area contributed by atoms with Gasteiger partial charge < -0.3 is 9.47 Å². The Bertz CT molecular complexity index is 609. The van der Waals surface area contributed by atoms with Gasteiger partial charge in [0.05, 0.1) is 7.11 Å². The van der Waals surface area contributed by atoms with Crippen LogP contribution < -0.4 is 9.47 Å². The summed E-state index contributed by atoms with van der Waals surface area (Å²) in [4.78, 5) is 11.8. The van der Waals surface area contributed by atoms with Gasteiger partial charge >= 0.3 is 0 Å². The number of ketones is 1. The molecule has 0 aliphatic rings. The van der Waals surface area contributed by atoms with Crippen LogP contribution in [0, 0.1) is 11.6 Å². The van der Waals surface area contributed by atoms with Gasteiger partial charge in [-0.2, -0.15) is 0 Å². The van der Waals surface area contributed by atoms with Gasteiger partial charge in [0.25, 0.3) is 0 Å². The molecule has 0 heterocycles. The van der Waals surface area contributed by atoms with Crippen LogP contribution in [0.1, 0.15) is 10.4 Å². The summed E-state index contributed by atoms with van der Waals surface area (Å²) in [5, 5.41) is 0. The van der Waals surface area contributed by atoms with E-state index in [4.69, 9.17) is 9.47 Å². The monoisotopic (exact) mass is 278 g/mol. The number of methoxy groups -OCH3 is 1. The highest BCUT2D eigenvalue weighted by atomic mass is 19.2. The highest BCUT2D eigenvalue weighted by Crippen LogP contribution is 2.17. The molecule has 0 amide bonds. The fraction of sp³-hybridized carbons (Fsp3) is 0.133. The maximum absolute atomic E-state index is 13.0. The molecule has 0 unspecified atom stereocenters. The molecule has 0 spiro atoms. The van der Waals surface area contributed by atoms with Crippen LogP contribution in [0.25, 0.3) is 0 Å². The lowest BCUT2D eigenvalue weighted by Gasteiger charge is -2.06. The number of rotatable bonds is 5. The Kier molecular flexibility index (Phi) is 4.30. The summed E-state index contributed by atoms with van der Waals surface area (Å²) in [5.41, 5.74) is 0.0670. The van der Waals surface area contributed by atoms with Gasteiger partial charge in [-0.05, 0) is 42.5 Å². The zero-order chi connectivity index (χ0) is 14.5. The highest BCUT2D eigenvalue weighted by Gasteiger charge is 2.10. The number of halogens is 2. The summed E-state index contributed by atoms with van der Waals surface area (Å²) in [6, 6.07) is 9.67. The fourth-order valence-electron chi connectivity index (χ4n) is 1.57. The first kappa shape index (κ1) is 14.0. The van der Waals surface area contributed by atoms with E-state index in [1.165, 1.54) is 6.07 Å². The summed E-state index contributed by atoms with van der Waals surface area (Å²) in [5.74, 6) is -1.32. The molecule has 2 aromatic carbocycles. The summed E-state index contributed by atoms with van der Waals surface area (Å²) in [6.07, 6.45) is 0. The van der Waals surface area contributed by atoms with E-state index >= 15 is 0 Å². The van der Waals surface area contributed by atoms with Crippen molar-refractivity contribution >= 4 is 5.78 Å². The molecule has 104 valence electrons. The molecule has 0 atom stereocenters. The van der Waals surface area contributed by atoms with E-state index in [-0.39, 0.29) is 12.2 Å². The molecule has 20 heavy (non-hydrogen) atoms. The molecule has 0 fully saturated rings. The maximum Gasteiger partial charge on any atom is 0.200 e. The number of carbonyl (C=O) groups is 1. The van der Waals surface area contributed by atoms with Gasteiger partial charge in [-0.25, -0.2) is 8.78 Å². The van der Waals surface area contributed by atoms with Crippen LogP contribution in [0.3, 0.4) is 0 Å². The van der Waals surface area contributed by atoms with E-state index in [1.54, 1.807) is 31.4 Å². The average molecular weight is 278 g/mol. The van der Waals surface area contributed by atoms with Crippen molar-refractivity contribution in [3.8, 4) is 11.5 Å². The quantitative estimate of drug-likeness (QED) is 0.788. The third-order valence-corrected chi connectivity index (χ3v) is 2.67. The summed E-state index contributed by atoms with van der Waals surface area (Å²) < 4.78 is 36.0. The van der Waals surface area contributed by atoms with E-state index in [0.717, 1.165) is 12.1 Å². The first-order chi connectivity index (χ1) is 9.60. The number of Topliss-reactive ketones (excluding diaryl/α,β-unsaturated/α-hetero) is 1. The van der Waals surface area contributed by atoms with Crippen LogP contribution >= 0.6 is 0 Å². The second-order valence-corrected chi connectivity index (χ2v) is 4.02. The maximum atomic E-state index is 13.0. The molecule has 0 saturated heterocycles. The summed E-state index contributed by atoms with van der Waals surface area (Å²) >= 11 is 0. The minimum absolute atomic E-state index is 0.0670. The van der Waals surface area contributed by atoms with Gasteiger partial charge in [0, 0.05) is 5.56 Å². The molecule has 3 nitrogen and oxygen atoms in total. The van der Waals surface area contributed by atoms with Crippen LogP contribution in [0.2, 0.25) is 0 Å². The van der Waals surface area contributed by atoms with Gasteiger partial charge in [-0.1, -0.05) is 0 Å². The number of hydrogen-bond acceptors (Lipinski definition) is 3. The van der Waals surface area contributed by atoms with Crippen LogP contribution in [0.4, 0.5) is 8.78 Å². The lowest BCUT2D eigenvalue weighted by Crippen LogP contribution is -2.12. The van der Waals surface area contributed by atoms with Crippen LogP contribution in [0.5, 0.6) is 11.5 Å². The first-order valence-corrected chi connectivity index (χ1v) is 5.85. The normalized spacial score (nSPS) is 10.2. The smallest absolute Gasteiger partial charge is 0.200 e. The van der Waals surface area contributed by atoms with Gasteiger partial charge in [-0.15, -0.1) is 0 Å². The third-order valence-electron chi connectivity index (χ3n) is 2.67. The summed E-state index contributed by atoms with van der Waals surface area (Å²) in [7, 11) is 1.54. The van der Waals surface area contributed by atoms with E-state index in [1.807, 2.05) is 0 Å². The highest BCUT2D eigenvalue weighted by molar-refractivity contribution is 5.97. The molecular weight excluding hydrogens is 266 g/mol. The van der Waals surface area contributed by atoms with E-state index < -0.39 is 17.4 Å². The second-order valence-electron chi connectivity index (χ2n) is 4.02. The van der Waals surface area contributed by atoms with Crippen molar-refractivity contribution in [3.05, 3.63) is 59.7 Å². The average Bonchev–Trinajstić information content (AvgIpc) is 2.48. The number of carbonyl (C=O) groups excluding carboxylic acids is 1. The Hall–Kier alpha value is -2.43. The van der Waals surface area contributed by atoms with Gasteiger partial charge in [0.2, 0.25) is 0 Å². The predicted molar refractivity (Wildman–Crippen MR) is 69.2 cm³/mol. The molecular formula is C15H12F2O3. The lowest BCUT2D eigenvalue weighted by molar-refractivity contribution is 0.0921. The van der Waals surface area contributed by atoms with E-state index in [2.05, 4.69) is 0 Å².